The topological polar surface area (TPSA) is 90.1 Å². The highest BCUT2D eigenvalue weighted by molar-refractivity contribution is 5.93. The molecule has 8 nitrogen and oxygen atoms in total. The highest BCUT2D eigenvalue weighted by Gasteiger charge is 2.19. The second-order valence-corrected chi connectivity index (χ2v) is 6.74. The standard InChI is InChI=1S/C22H19N5O3/c1-25(17-9-3-2-4-10-17)19(28)15-26-18-11-7-13-24-20(18)21(29)27(22(26)30)14-16-8-5-6-12-23-16/h2-13H,14-15H2,1H3. The number of carbonyl (C=O) groups is 1. The van der Waals surface area contributed by atoms with Gasteiger partial charge in [-0.3, -0.25) is 23.7 Å². The van der Waals surface area contributed by atoms with Gasteiger partial charge in [0.15, 0.2) is 5.52 Å². The van der Waals surface area contributed by atoms with Crippen LogP contribution < -0.4 is 16.1 Å². The minimum atomic E-state index is -0.582. The molecule has 0 bridgehead atoms. The third kappa shape index (κ3) is 3.62. The van der Waals surface area contributed by atoms with E-state index in [0.29, 0.717) is 16.9 Å². The molecule has 1 amide bonds. The number of amides is 1. The minimum Gasteiger partial charge on any atom is -0.314 e. The largest absolute Gasteiger partial charge is 0.332 e. The zero-order valence-corrected chi connectivity index (χ0v) is 16.3. The Kier molecular flexibility index (Phi) is 5.21. The third-order valence-electron chi connectivity index (χ3n) is 4.84. The van der Waals surface area contributed by atoms with Crippen molar-refractivity contribution in [1.82, 2.24) is 19.1 Å². The lowest BCUT2D eigenvalue weighted by molar-refractivity contribution is -0.118. The maximum atomic E-state index is 13.2. The van der Waals surface area contributed by atoms with Gasteiger partial charge in [0, 0.05) is 25.1 Å². The van der Waals surface area contributed by atoms with Crippen LogP contribution in [0.2, 0.25) is 0 Å². The van der Waals surface area contributed by atoms with Gasteiger partial charge >= 0.3 is 5.69 Å². The number of likely N-dealkylation sites (N-methyl/N-ethyl adjacent to an activating group) is 1. The molecule has 0 radical (unpaired) electrons. The van der Waals surface area contributed by atoms with Crippen molar-refractivity contribution in [1.29, 1.82) is 0 Å². The molecule has 0 fully saturated rings. The van der Waals surface area contributed by atoms with Gasteiger partial charge in [-0.15, -0.1) is 0 Å². The molecule has 4 aromatic rings. The second-order valence-electron chi connectivity index (χ2n) is 6.74. The number of rotatable bonds is 5. The molecule has 0 saturated carbocycles. The Hall–Kier alpha value is -4.07. The highest BCUT2D eigenvalue weighted by Crippen LogP contribution is 2.12. The van der Waals surface area contributed by atoms with E-state index < -0.39 is 11.2 Å². The van der Waals surface area contributed by atoms with Crippen molar-refractivity contribution in [2.24, 2.45) is 0 Å². The molecule has 0 unspecified atom stereocenters. The zero-order chi connectivity index (χ0) is 21.1. The number of benzene rings is 1. The smallest absolute Gasteiger partial charge is 0.314 e. The van der Waals surface area contributed by atoms with Crippen LogP contribution in [0.3, 0.4) is 0 Å². The molecule has 0 spiro atoms. The molecule has 0 atom stereocenters. The van der Waals surface area contributed by atoms with Crippen LogP contribution in [0.4, 0.5) is 5.69 Å². The molecule has 8 heteroatoms. The molecule has 0 N–H and O–H groups in total. The van der Waals surface area contributed by atoms with Gasteiger partial charge in [-0.2, -0.15) is 0 Å². The molecule has 3 heterocycles. The van der Waals surface area contributed by atoms with Crippen molar-refractivity contribution in [2.45, 2.75) is 13.1 Å². The molecule has 0 aliphatic carbocycles. The Morgan fingerprint density at radius 1 is 0.900 bits per heavy atom. The molecule has 0 aliphatic rings. The summed E-state index contributed by atoms with van der Waals surface area (Å²) in [6.07, 6.45) is 3.08. The first-order valence-electron chi connectivity index (χ1n) is 9.36. The number of hydrogen-bond acceptors (Lipinski definition) is 5. The third-order valence-corrected chi connectivity index (χ3v) is 4.84. The van der Waals surface area contributed by atoms with Crippen LogP contribution in [0.25, 0.3) is 11.0 Å². The van der Waals surface area contributed by atoms with Crippen LogP contribution >= 0.6 is 0 Å². The first-order valence-corrected chi connectivity index (χ1v) is 9.36. The number of pyridine rings is 2. The summed E-state index contributed by atoms with van der Waals surface area (Å²) < 4.78 is 2.35. The van der Waals surface area contributed by atoms with E-state index >= 15 is 0 Å². The number of carbonyl (C=O) groups excluding carboxylic acids is 1. The Balaban J connectivity index is 1.80. The molecule has 150 valence electrons. The van der Waals surface area contributed by atoms with Crippen LogP contribution in [-0.4, -0.2) is 32.1 Å². The maximum Gasteiger partial charge on any atom is 0.332 e. The minimum absolute atomic E-state index is 0.00621. The summed E-state index contributed by atoms with van der Waals surface area (Å²) in [5, 5.41) is 0. The lowest BCUT2D eigenvalue weighted by Crippen LogP contribution is -2.43. The van der Waals surface area contributed by atoms with Crippen molar-refractivity contribution < 1.29 is 4.79 Å². The predicted octanol–water partition coefficient (Wildman–Crippen LogP) is 1.66. The summed E-state index contributed by atoms with van der Waals surface area (Å²) in [5.41, 5.74) is 0.621. The van der Waals surface area contributed by atoms with Crippen LogP contribution in [0, 0.1) is 0 Å². The number of nitrogens with zero attached hydrogens (tertiary/aromatic N) is 5. The Morgan fingerprint density at radius 3 is 2.37 bits per heavy atom. The van der Waals surface area contributed by atoms with Gasteiger partial charge in [-0.05, 0) is 36.4 Å². The Labute approximate surface area is 171 Å². The number of aromatic nitrogens is 4. The fourth-order valence-electron chi connectivity index (χ4n) is 3.23. The van der Waals surface area contributed by atoms with E-state index in [2.05, 4.69) is 9.97 Å². The first kappa shape index (κ1) is 19.3. The fourth-order valence-corrected chi connectivity index (χ4v) is 3.23. The predicted molar refractivity (Wildman–Crippen MR) is 113 cm³/mol. The van der Waals surface area contributed by atoms with E-state index in [4.69, 9.17) is 0 Å². The van der Waals surface area contributed by atoms with Crippen molar-refractivity contribution in [3.63, 3.8) is 0 Å². The normalized spacial score (nSPS) is 10.8. The number of hydrogen-bond donors (Lipinski definition) is 0. The van der Waals surface area contributed by atoms with Crippen molar-refractivity contribution in [2.75, 3.05) is 11.9 Å². The van der Waals surface area contributed by atoms with Crippen LogP contribution in [0.15, 0.2) is 82.6 Å². The average molecular weight is 401 g/mol. The summed E-state index contributed by atoms with van der Waals surface area (Å²) in [6, 6.07) is 17.7. The van der Waals surface area contributed by atoms with E-state index in [9.17, 15) is 14.4 Å². The van der Waals surface area contributed by atoms with Gasteiger partial charge in [0.25, 0.3) is 5.56 Å². The van der Waals surface area contributed by atoms with E-state index in [-0.39, 0.29) is 24.5 Å². The first-order chi connectivity index (χ1) is 14.6. The van der Waals surface area contributed by atoms with Crippen LogP contribution in [-0.2, 0) is 17.9 Å². The van der Waals surface area contributed by atoms with Crippen LogP contribution in [0.5, 0.6) is 0 Å². The van der Waals surface area contributed by atoms with Crippen molar-refractivity contribution in [3.8, 4) is 0 Å². The molecule has 0 saturated heterocycles. The summed E-state index contributed by atoms with van der Waals surface area (Å²) in [4.78, 5) is 48.8. The van der Waals surface area contributed by atoms with Crippen LogP contribution in [0.1, 0.15) is 5.69 Å². The van der Waals surface area contributed by atoms with Crippen molar-refractivity contribution in [3.05, 3.63) is 99.6 Å². The summed E-state index contributed by atoms with van der Waals surface area (Å²) in [7, 11) is 1.65. The van der Waals surface area contributed by atoms with Gasteiger partial charge in [-0.25, -0.2) is 9.78 Å². The molecule has 3 aromatic heterocycles. The van der Waals surface area contributed by atoms with Gasteiger partial charge in [-0.1, -0.05) is 24.3 Å². The summed E-state index contributed by atoms with van der Waals surface area (Å²) in [5.74, 6) is -0.295. The Morgan fingerprint density at radius 2 is 1.63 bits per heavy atom. The van der Waals surface area contributed by atoms with Gasteiger partial charge in [0.05, 0.1) is 17.8 Å². The summed E-state index contributed by atoms with van der Waals surface area (Å²) >= 11 is 0. The highest BCUT2D eigenvalue weighted by atomic mass is 16.2. The molecule has 4 rings (SSSR count). The van der Waals surface area contributed by atoms with E-state index in [1.54, 1.807) is 43.6 Å². The summed E-state index contributed by atoms with van der Waals surface area (Å²) in [6.45, 7) is -0.233. The Bertz CT molecular complexity index is 1310. The molecular formula is C22H19N5O3. The van der Waals surface area contributed by atoms with Crippen molar-refractivity contribution >= 4 is 22.6 Å². The number of anilines is 1. The monoisotopic (exact) mass is 401 g/mol. The number of para-hydroxylation sites is 1. The molecule has 30 heavy (non-hydrogen) atoms. The zero-order valence-electron chi connectivity index (χ0n) is 16.3. The van der Waals surface area contributed by atoms with E-state index in [1.165, 1.54) is 15.7 Å². The van der Waals surface area contributed by atoms with Gasteiger partial charge in [0.1, 0.15) is 6.54 Å². The van der Waals surface area contributed by atoms with E-state index in [1.807, 2.05) is 30.3 Å². The maximum absolute atomic E-state index is 13.2. The molecule has 1 aromatic carbocycles. The molecular weight excluding hydrogens is 382 g/mol. The van der Waals surface area contributed by atoms with Gasteiger partial charge < -0.3 is 4.90 Å². The lowest BCUT2D eigenvalue weighted by atomic mass is 10.3. The fraction of sp³-hybridized carbons (Fsp3) is 0.136. The number of fused-ring (bicyclic) bond motifs is 1. The quantitative estimate of drug-likeness (QED) is 0.507. The average Bonchev–Trinajstić information content (AvgIpc) is 2.80. The molecule has 0 aliphatic heterocycles. The second kappa shape index (κ2) is 8.12. The lowest BCUT2D eigenvalue weighted by Gasteiger charge is -2.19. The SMILES string of the molecule is CN(C(=O)Cn1c(=O)n(Cc2ccccn2)c(=O)c2ncccc21)c1ccccc1. The van der Waals surface area contributed by atoms with E-state index in [0.717, 1.165) is 4.57 Å². The van der Waals surface area contributed by atoms with Gasteiger partial charge in [0.2, 0.25) is 5.91 Å².